The molecule has 11 nitrogen and oxygen atoms in total. The molecular formula is C15H17FN3O8P. The molecule has 1 saturated heterocycles. The average molecular weight is 417 g/mol. The van der Waals surface area contributed by atoms with Gasteiger partial charge in [0.25, 0.3) is 5.56 Å². The summed E-state index contributed by atoms with van der Waals surface area (Å²) in [6.45, 7) is -0.800. The Labute approximate surface area is 156 Å². The Kier molecular flexibility index (Phi) is 5.53. The number of aliphatic hydroxyl groups excluding tert-OH is 1. The number of anilines is 1. The second kappa shape index (κ2) is 7.59. The molecule has 1 fully saturated rings. The summed E-state index contributed by atoms with van der Waals surface area (Å²) >= 11 is 0. The number of aliphatic hydroxyl groups is 1. The van der Waals surface area contributed by atoms with Gasteiger partial charge in [-0.3, -0.25) is 18.9 Å². The number of nitrogens with two attached hydrogens (primary N) is 1. The lowest BCUT2D eigenvalue weighted by Gasteiger charge is -2.17. The van der Waals surface area contributed by atoms with Crippen molar-refractivity contribution in [2.24, 2.45) is 0 Å². The smallest absolute Gasteiger partial charge is 0.399 e. The highest BCUT2D eigenvalue weighted by atomic mass is 31.2. The van der Waals surface area contributed by atoms with Gasteiger partial charge >= 0.3 is 13.5 Å². The average Bonchev–Trinajstić information content (AvgIpc) is 2.89. The molecule has 0 saturated carbocycles. The summed E-state index contributed by atoms with van der Waals surface area (Å²) in [6, 6.07) is 6.13. The molecule has 0 aliphatic carbocycles. The lowest BCUT2D eigenvalue weighted by molar-refractivity contribution is -0.0482. The molecule has 4 atom stereocenters. The summed E-state index contributed by atoms with van der Waals surface area (Å²) in [6.07, 6.45) is -5.93. The van der Waals surface area contributed by atoms with Crippen LogP contribution in [0.1, 0.15) is 6.23 Å². The molecule has 0 radical (unpaired) electrons. The number of aromatic nitrogens is 2. The second-order valence-electron chi connectivity index (χ2n) is 6.12. The number of benzene rings is 1. The number of aromatic amines is 1. The van der Waals surface area contributed by atoms with E-state index in [1.54, 1.807) is 0 Å². The lowest BCUT2D eigenvalue weighted by Crippen LogP contribution is -2.36. The van der Waals surface area contributed by atoms with Gasteiger partial charge in [-0.1, -0.05) is 12.1 Å². The zero-order valence-corrected chi connectivity index (χ0v) is 15.0. The zero-order valence-electron chi connectivity index (χ0n) is 14.1. The van der Waals surface area contributed by atoms with Crippen LogP contribution in [0.4, 0.5) is 10.1 Å². The summed E-state index contributed by atoms with van der Waals surface area (Å²) in [7, 11) is -4.86. The van der Waals surface area contributed by atoms with Gasteiger partial charge in [-0.25, -0.2) is 13.8 Å². The van der Waals surface area contributed by atoms with Crippen LogP contribution in [0.15, 0.2) is 40.1 Å². The van der Waals surface area contributed by atoms with Gasteiger partial charge in [0.2, 0.25) is 0 Å². The number of ether oxygens (including phenoxy) is 1. The summed E-state index contributed by atoms with van der Waals surface area (Å²) in [5.74, 6) is 0. The third-order valence-corrected chi connectivity index (χ3v) is 4.65. The first-order valence-corrected chi connectivity index (χ1v) is 9.49. The number of hydrogen-bond donors (Lipinski definition) is 5. The predicted octanol–water partition coefficient (Wildman–Crippen LogP) is -0.509. The Morgan fingerprint density at radius 2 is 1.93 bits per heavy atom. The highest BCUT2D eigenvalue weighted by Crippen LogP contribution is 2.38. The first kappa shape index (κ1) is 20.4. The minimum atomic E-state index is -4.86. The number of phosphoric ester groups is 1. The number of nitrogens with one attached hydrogen (secondary N) is 1. The van der Waals surface area contributed by atoms with E-state index in [2.05, 4.69) is 4.52 Å². The number of alkyl halides is 1. The third kappa shape index (κ3) is 4.22. The highest BCUT2D eigenvalue weighted by molar-refractivity contribution is 7.46. The molecule has 0 amide bonds. The summed E-state index contributed by atoms with van der Waals surface area (Å²) in [5.41, 5.74) is 4.77. The molecule has 6 N–H and O–H groups in total. The lowest BCUT2D eigenvalue weighted by atomic mass is 10.1. The van der Waals surface area contributed by atoms with E-state index in [4.69, 9.17) is 20.3 Å². The van der Waals surface area contributed by atoms with Gasteiger partial charge in [0.05, 0.1) is 12.2 Å². The van der Waals surface area contributed by atoms with Crippen LogP contribution in [-0.4, -0.2) is 49.4 Å². The van der Waals surface area contributed by atoms with E-state index in [-0.39, 0.29) is 5.56 Å². The number of hydrogen-bond acceptors (Lipinski definition) is 7. The minimum absolute atomic E-state index is 0.0276. The molecule has 1 aliphatic heterocycles. The standard InChI is InChI=1S/C15H17FN3O8P/c16-11-12(20)10(6-26-28(23,24)25)27-14(11)19-5-9(13(21)18-15(19)22)7-1-3-8(17)4-2-7/h1-5,10-12,14,20H,6,17H2,(H,18,21,22)(H2,23,24,25)/t10-,11+,12-,14-/m1/s1. The molecule has 3 rings (SSSR count). The second-order valence-corrected chi connectivity index (χ2v) is 7.36. The van der Waals surface area contributed by atoms with Crippen LogP contribution >= 0.6 is 7.82 Å². The van der Waals surface area contributed by atoms with Gasteiger partial charge in [0.15, 0.2) is 12.4 Å². The molecule has 2 heterocycles. The zero-order chi connectivity index (χ0) is 20.6. The number of nitrogens with zero attached hydrogens (tertiary/aromatic N) is 1. The maximum absolute atomic E-state index is 14.5. The molecule has 152 valence electrons. The van der Waals surface area contributed by atoms with Crippen molar-refractivity contribution in [3.63, 3.8) is 0 Å². The number of halogens is 1. The van der Waals surface area contributed by atoms with Crippen LogP contribution in [0.3, 0.4) is 0 Å². The fourth-order valence-electron chi connectivity index (χ4n) is 2.78. The van der Waals surface area contributed by atoms with E-state index < -0.39 is 50.3 Å². The van der Waals surface area contributed by atoms with E-state index in [1.165, 1.54) is 24.3 Å². The minimum Gasteiger partial charge on any atom is -0.399 e. The van der Waals surface area contributed by atoms with Gasteiger partial charge in [-0.05, 0) is 17.7 Å². The quantitative estimate of drug-likeness (QED) is 0.317. The third-order valence-electron chi connectivity index (χ3n) is 4.16. The molecule has 1 aliphatic rings. The molecule has 28 heavy (non-hydrogen) atoms. The molecule has 0 bridgehead atoms. The van der Waals surface area contributed by atoms with Crippen molar-refractivity contribution >= 4 is 13.5 Å². The molecule has 2 aromatic rings. The number of rotatable bonds is 5. The van der Waals surface area contributed by atoms with Crippen molar-refractivity contribution in [1.82, 2.24) is 9.55 Å². The van der Waals surface area contributed by atoms with E-state index in [9.17, 15) is 23.7 Å². The molecular weight excluding hydrogens is 400 g/mol. The van der Waals surface area contributed by atoms with Gasteiger partial charge in [0.1, 0.15) is 12.2 Å². The molecule has 0 spiro atoms. The molecule has 0 unspecified atom stereocenters. The van der Waals surface area contributed by atoms with Crippen LogP contribution in [0.5, 0.6) is 0 Å². The van der Waals surface area contributed by atoms with E-state index in [1.807, 2.05) is 4.98 Å². The first-order valence-electron chi connectivity index (χ1n) is 7.96. The molecule has 13 heteroatoms. The van der Waals surface area contributed by atoms with Gasteiger partial charge < -0.3 is 25.4 Å². The maximum atomic E-state index is 14.5. The van der Waals surface area contributed by atoms with Crippen molar-refractivity contribution < 1.29 is 33.1 Å². The van der Waals surface area contributed by atoms with Crippen LogP contribution in [0.2, 0.25) is 0 Å². The van der Waals surface area contributed by atoms with Crippen LogP contribution in [-0.2, 0) is 13.8 Å². The Hall–Kier alpha value is -2.34. The van der Waals surface area contributed by atoms with Crippen molar-refractivity contribution in [3.8, 4) is 11.1 Å². The van der Waals surface area contributed by atoms with Crippen molar-refractivity contribution in [3.05, 3.63) is 51.3 Å². The van der Waals surface area contributed by atoms with Crippen LogP contribution in [0, 0.1) is 0 Å². The van der Waals surface area contributed by atoms with Crippen molar-refractivity contribution in [2.75, 3.05) is 12.3 Å². The largest absolute Gasteiger partial charge is 0.469 e. The molecule has 1 aromatic heterocycles. The van der Waals surface area contributed by atoms with Crippen LogP contribution < -0.4 is 17.0 Å². The Balaban J connectivity index is 1.93. The topological polar surface area (TPSA) is 177 Å². The van der Waals surface area contributed by atoms with Gasteiger partial charge in [0, 0.05) is 11.9 Å². The predicted molar refractivity (Wildman–Crippen MR) is 94.0 cm³/mol. The summed E-state index contributed by atoms with van der Waals surface area (Å²) < 4.78 is 35.5. The van der Waals surface area contributed by atoms with E-state index in [0.29, 0.717) is 11.3 Å². The van der Waals surface area contributed by atoms with Crippen LogP contribution in [0.25, 0.3) is 11.1 Å². The fourth-order valence-corrected chi connectivity index (χ4v) is 3.12. The maximum Gasteiger partial charge on any atom is 0.469 e. The summed E-state index contributed by atoms with van der Waals surface area (Å²) in [4.78, 5) is 43.8. The highest BCUT2D eigenvalue weighted by Gasteiger charge is 2.46. The Morgan fingerprint density at radius 1 is 1.29 bits per heavy atom. The van der Waals surface area contributed by atoms with E-state index in [0.717, 1.165) is 10.8 Å². The first-order chi connectivity index (χ1) is 13.1. The Bertz CT molecular complexity index is 1020. The van der Waals surface area contributed by atoms with Crippen molar-refractivity contribution in [2.45, 2.75) is 24.6 Å². The van der Waals surface area contributed by atoms with Gasteiger partial charge in [-0.15, -0.1) is 0 Å². The normalized spacial score (nSPS) is 25.1. The number of H-pyrrole nitrogens is 1. The monoisotopic (exact) mass is 417 g/mol. The fraction of sp³-hybridized carbons (Fsp3) is 0.333. The SMILES string of the molecule is Nc1ccc(-c2cn([C@@H]3O[C@H](COP(=O)(O)O)[C@@H](O)[C@@H]3F)c(=O)[nH]c2=O)cc1. The summed E-state index contributed by atoms with van der Waals surface area (Å²) in [5, 5.41) is 9.91. The molecule has 1 aromatic carbocycles. The Morgan fingerprint density at radius 3 is 2.54 bits per heavy atom. The van der Waals surface area contributed by atoms with Gasteiger partial charge in [-0.2, -0.15) is 0 Å². The van der Waals surface area contributed by atoms with Crippen molar-refractivity contribution in [1.29, 1.82) is 0 Å². The van der Waals surface area contributed by atoms with E-state index >= 15 is 0 Å². The number of nitrogen functional groups attached to an aromatic ring is 1. The number of phosphoric acid groups is 1.